The first kappa shape index (κ1) is 27.5. The van der Waals surface area contributed by atoms with Gasteiger partial charge in [-0.1, -0.05) is 39.0 Å². The van der Waals surface area contributed by atoms with E-state index in [-0.39, 0.29) is 29.3 Å². The molecule has 2 aromatic heterocycles. The van der Waals surface area contributed by atoms with E-state index in [1.165, 1.54) is 6.33 Å². The lowest BCUT2D eigenvalue weighted by Gasteiger charge is -2.37. The Morgan fingerprint density at radius 1 is 1.22 bits per heavy atom. The van der Waals surface area contributed by atoms with Crippen LogP contribution >= 0.6 is 11.8 Å². The SMILES string of the molecule is CSCOC1C[C@H](n2cnc3c(N=NC(=O)c4ccccc4)ncnc32)OC1CO[Si](C)(C)C(C)(C)C. The summed E-state index contributed by atoms with van der Waals surface area (Å²) in [6.45, 7) is 11.6. The summed E-state index contributed by atoms with van der Waals surface area (Å²) < 4.78 is 20.9. The van der Waals surface area contributed by atoms with Gasteiger partial charge in [-0.05, 0) is 36.5 Å². The second-order valence-corrected chi connectivity index (χ2v) is 16.1. The van der Waals surface area contributed by atoms with E-state index >= 15 is 0 Å². The van der Waals surface area contributed by atoms with Crippen molar-refractivity contribution in [3.63, 3.8) is 0 Å². The van der Waals surface area contributed by atoms with Crippen LogP contribution in [0.1, 0.15) is 43.8 Å². The Morgan fingerprint density at radius 2 is 1.97 bits per heavy atom. The number of hydrogen-bond acceptors (Lipinski definition) is 9. The van der Waals surface area contributed by atoms with Crippen molar-refractivity contribution in [3.05, 3.63) is 48.5 Å². The number of carbonyl (C=O) groups excluding carboxylic acids is 1. The average molecular weight is 543 g/mol. The zero-order valence-corrected chi connectivity index (χ0v) is 23.9. The van der Waals surface area contributed by atoms with Crippen LogP contribution in [0.5, 0.6) is 0 Å². The normalized spacial score (nSPS) is 20.8. The van der Waals surface area contributed by atoms with Gasteiger partial charge in [-0.15, -0.1) is 22.0 Å². The van der Waals surface area contributed by atoms with Gasteiger partial charge in [-0.2, -0.15) is 0 Å². The highest BCUT2D eigenvalue weighted by molar-refractivity contribution is 7.98. The van der Waals surface area contributed by atoms with Gasteiger partial charge in [0.15, 0.2) is 19.5 Å². The number of benzene rings is 1. The molecule has 1 amide bonds. The van der Waals surface area contributed by atoms with Crippen LogP contribution in [-0.4, -0.2) is 64.8 Å². The number of imidazole rings is 1. The number of fused-ring (bicyclic) bond motifs is 1. The third kappa shape index (κ3) is 6.32. The number of aromatic nitrogens is 4. The second-order valence-electron chi connectivity index (χ2n) is 10.4. The minimum absolute atomic E-state index is 0.102. The average Bonchev–Trinajstić information content (AvgIpc) is 3.49. The zero-order chi connectivity index (χ0) is 26.6. The van der Waals surface area contributed by atoms with E-state index in [1.54, 1.807) is 42.4 Å². The molecule has 2 unspecified atom stereocenters. The molecule has 0 bridgehead atoms. The predicted molar refractivity (Wildman–Crippen MR) is 146 cm³/mol. The summed E-state index contributed by atoms with van der Waals surface area (Å²) >= 11 is 1.63. The first-order valence-electron chi connectivity index (χ1n) is 12.2. The van der Waals surface area contributed by atoms with E-state index in [1.807, 2.05) is 16.9 Å². The Hall–Kier alpha value is -2.51. The summed E-state index contributed by atoms with van der Waals surface area (Å²) in [4.78, 5) is 25.4. The van der Waals surface area contributed by atoms with Crippen LogP contribution in [0, 0.1) is 0 Å². The topological polar surface area (TPSA) is 113 Å². The number of carbonyl (C=O) groups is 1. The molecule has 10 nitrogen and oxygen atoms in total. The highest BCUT2D eigenvalue weighted by Gasteiger charge is 2.42. The minimum Gasteiger partial charge on any atom is -0.414 e. The fourth-order valence-electron chi connectivity index (χ4n) is 3.71. The molecule has 37 heavy (non-hydrogen) atoms. The summed E-state index contributed by atoms with van der Waals surface area (Å²) in [5.74, 6) is 0.341. The molecule has 0 aliphatic carbocycles. The Kier molecular flexibility index (Phi) is 8.54. The Balaban J connectivity index is 1.53. The molecule has 0 radical (unpaired) electrons. The van der Waals surface area contributed by atoms with E-state index < -0.39 is 14.2 Å². The number of hydrogen-bond donors (Lipinski definition) is 0. The Labute approximate surface area is 222 Å². The van der Waals surface area contributed by atoms with Crippen LogP contribution in [0.3, 0.4) is 0 Å². The molecule has 3 heterocycles. The van der Waals surface area contributed by atoms with Crippen molar-refractivity contribution in [1.82, 2.24) is 19.5 Å². The van der Waals surface area contributed by atoms with E-state index in [0.29, 0.717) is 35.7 Å². The Bertz CT molecular complexity index is 1250. The van der Waals surface area contributed by atoms with Gasteiger partial charge in [0.05, 0.1) is 25.0 Å². The van der Waals surface area contributed by atoms with Crippen molar-refractivity contribution in [2.24, 2.45) is 10.2 Å². The minimum atomic E-state index is -1.95. The van der Waals surface area contributed by atoms with Crippen LogP contribution in [-0.2, 0) is 13.9 Å². The van der Waals surface area contributed by atoms with Crippen molar-refractivity contribution in [2.75, 3.05) is 18.8 Å². The van der Waals surface area contributed by atoms with Crippen molar-refractivity contribution in [2.45, 2.75) is 63.8 Å². The molecule has 198 valence electrons. The Morgan fingerprint density at radius 3 is 2.68 bits per heavy atom. The predicted octanol–water partition coefficient (Wildman–Crippen LogP) is 5.77. The number of azo groups is 1. The fourth-order valence-corrected chi connectivity index (χ4v) is 5.04. The van der Waals surface area contributed by atoms with Gasteiger partial charge in [0.25, 0.3) is 5.91 Å². The second kappa shape index (κ2) is 11.5. The van der Waals surface area contributed by atoms with Crippen LogP contribution in [0.2, 0.25) is 18.1 Å². The van der Waals surface area contributed by atoms with Crippen LogP contribution < -0.4 is 0 Å². The maximum Gasteiger partial charge on any atom is 0.295 e. The lowest BCUT2D eigenvalue weighted by atomic mass is 10.2. The molecule has 3 atom stereocenters. The van der Waals surface area contributed by atoms with Gasteiger partial charge in [-0.25, -0.2) is 15.0 Å². The molecule has 12 heteroatoms. The molecule has 1 aliphatic rings. The van der Waals surface area contributed by atoms with E-state index in [9.17, 15) is 4.79 Å². The number of nitrogens with zero attached hydrogens (tertiary/aromatic N) is 6. The fraction of sp³-hybridized carbons (Fsp3) is 0.520. The van der Waals surface area contributed by atoms with Gasteiger partial charge in [0, 0.05) is 12.0 Å². The number of thioether (sulfide) groups is 1. The summed E-state index contributed by atoms with van der Waals surface area (Å²) in [5.41, 5.74) is 1.44. The highest BCUT2D eigenvalue weighted by Crippen LogP contribution is 2.39. The van der Waals surface area contributed by atoms with Gasteiger partial charge in [0.1, 0.15) is 18.7 Å². The van der Waals surface area contributed by atoms with Gasteiger partial charge in [0.2, 0.25) is 5.82 Å². The summed E-state index contributed by atoms with van der Waals surface area (Å²) in [5, 5.41) is 7.99. The van der Waals surface area contributed by atoms with Crippen molar-refractivity contribution < 1.29 is 18.7 Å². The van der Waals surface area contributed by atoms with Gasteiger partial charge < -0.3 is 13.9 Å². The lowest BCUT2D eigenvalue weighted by Crippen LogP contribution is -2.44. The standard InChI is InChI=1S/C25H34N6O4SSi/c1-25(2,3)37(5,6)34-13-19-18(33-16-36-4)12-20(35-19)31-15-28-21-22(26-14-27-23(21)31)29-30-24(32)17-10-8-7-9-11-17/h7-11,14-15,18-20H,12-13,16H2,1-6H3/t18?,19?,20-/m1/s1. The molecule has 1 fully saturated rings. The summed E-state index contributed by atoms with van der Waals surface area (Å²) in [6, 6.07) is 8.75. The molecule has 0 spiro atoms. The monoisotopic (exact) mass is 542 g/mol. The smallest absolute Gasteiger partial charge is 0.295 e. The molecule has 3 aromatic rings. The number of ether oxygens (including phenoxy) is 2. The maximum absolute atomic E-state index is 12.3. The van der Waals surface area contributed by atoms with Gasteiger partial charge >= 0.3 is 0 Å². The third-order valence-corrected chi connectivity index (χ3v) is 11.8. The van der Waals surface area contributed by atoms with Crippen LogP contribution in [0.4, 0.5) is 5.82 Å². The molecule has 1 saturated heterocycles. The molecule has 1 aliphatic heterocycles. The largest absolute Gasteiger partial charge is 0.414 e. The summed E-state index contributed by atoms with van der Waals surface area (Å²) in [7, 11) is -1.95. The molecule has 0 saturated carbocycles. The molecular formula is C25H34N6O4SSi. The van der Waals surface area contributed by atoms with Crippen molar-refractivity contribution in [1.29, 1.82) is 0 Å². The molecule has 1 aromatic carbocycles. The first-order chi connectivity index (χ1) is 17.6. The number of rotatable bonds is 9. The van der Waals surface area contributed by atoms with Gasteiger partial charge in [-0.3, -0.25) is 9.36 Å². The zero-order valence-electron chi connectivity index (χ0n) is 22.1. The van der Waals surface area contributed by atoms with Crippen LogP contribution in [0.15, 0.2) is 53.2 Å². The van der Waals surface area contributed by atoms with E-state index in [2.05, 4.69) is 59.0 Å². The van der Waals surface area contributed by atoms with E-state index in [4.69, 9.17) is 13.9 Å². The maximum atomic E-state index is 12.3. The van der Waals surface area contributed by atoms with Crippen LogP contribution in [0.25, 0.3) is 11.2 Å². The van der Waals surface area contributed by atoms with Crippen molar-refractivity contribution >= 4 is 43.0 Å². The molecule has 0 N–H and O–H groups in total. The third-order valence-electron chi connectivity index (χ3n) is 6.90. The van der Waals surface area contributed by atoms with E-state index in [0.717, 1.165) is 0 Å². The summed E-state index contributed by atoms with van der Waals surface area (Å²) in [6.07, 6.45) is 5.01. The molecule has 4 rings (SSSR count). The van der Waals surface area contributed by atoms with Crippen molar-refractivity contribution in [3.8, 4) is 0 Å². The number of amides is 1. The quantitative estimate of drug-likeness (QED) is 0.190. The molecular weight excluding hydrogens is 508 g/mol. The first-order valence-corrected chi connectivity index (χ1v) is 16.5. The lowest BCUT2D eigenvalue weighted by molar-refractivity contribution is -0.0507. The highest BCUT2D eigenvalue weighted by atomic mass is 32.2.